The number of para-hydroxylation sites is 1. The van der Waals surface area contributed by atoms with Gasteiger partial charge in [0.15, 0.2) is 0 Å². The van der Waals surface area contributed by atoms with Gasteiger partial charge in [-0.25, -0.2) is 8.42 Å². The summed E-state index contributed by atoms with van der Waals surface area (Å²) < 4.78 is 26.5. The van der Waals surface area contributed by atoms with E-state index in [2.05, 4.69) is 5.32 Å². The van der Waals surface area contributed by atoms with E-state index in [9.17, 15) is 18.0 Å². The van der Waals surface area contributed by atoms with Gasteiger partial charge >= 0.3 is 0 Å². The zero-order valence-corrected chi connectivity index (χ0v) is 21.1. The Balaban J connectivity index is 2.48. The van der Waals surface area contributed by atoms with Gasteiger partial charge in [0.2, 0.25) is 21.8 Å². The third kappa shape index (κ3) is 6.95. The first-order valence-corrected chi connectivity index (χ1v) is 13.2. The highest BCUT2D eigenvalue weighted by molar-refractivity contribution is 7.92. The summed E-state index contributed by atoms with van der Waals surface area (Å²) in [7, 11) is -3.76. The molecule has 0 aromatic heterocycles. The van der Waals surface area contributed by atoms with Crippen LogP contribution in [-0.2, 0) is 32.6 Å². The summed E-state index contributed by atoms with van der Waals surface area (Å²) in [6, 6.07) is 13.4. The van der Waals surface area contributed by atoms with Crippen LogP contribution in [0.15, 0.2) is 48.5 Å². The maximum Gasteiger partial charge on any atom is 0.244 e. The van der Waals surface area contributed by atoms with E-state index in [0.29, 0.717) is 35.7 Å². The van der Waals surface area contributed by atoms with Crippen molar-refractivity contribution >= 4 is 39.1 Å². The monoisotopic (exact) mass is 493 g/mol. The fraction of sp³-hybridized carbons (Fsp3) is 0.417. The molecule has 0 radical (unpaired) electrons. The highest BCUT2D eigenvalue weighted by atomic mass is 35.5. The fourth-order valence-electron chi connectivity index (χ4n) is 3.67. The van der Waals surface area contributed by atoms with Gasteiger partial charge in [-0.05, 0) is 43.0 Å². The number of nitrogens with zero attached hydrogens (tertiary/aromatic N) is 2. The summed E-state index contributed by atoms with van der Waals surface area (Å²) in [6.45, 7) is 5.62. The van der Waals surface area contributed by atoms with Gasteiger partial charge in [-0.3, -0.25) is 13.9 Å². The minimum Gasteiger partial charge on any atom is -0.355 e. The van der Waals surface area contributed by atoms with Crippen molar-refractivity contribution in [2.45, 2.75) is 46.2 Å². The molecule has 1 atom stereocenters. The number of hydrogen-bond donors (Lipinski definition) is 1. The Morgan fingerprint density at radius 2 is 1.61 bits per heavy atom. The largest absolute Gasteiger partial charge is 0.355 e. The summed E-state index contributed by atoms with van der Waals surface area (Å²) in [5.74, 6) is -0.773. The molecular formula is C24H32ClN3O4S. The zero-order valence-electron chi connectivity index (χ0n) is 19.5. The second-order valence-corrected chi connectivity index (χ2v) is 10.00. The molecule has 0 aliphatic heterocycles. The standard InChI is InChI=1S/C24H32ClN3O4S/c1-5-18-12-9-11-15-22(18)28(33(4,31)32)17-23(29)27(21(6-2)24(30)26-7-3)16-19-13-8-10-14-20(19)25/h8-15,21H,5-7,16-17H2,1-4H3,(H,26,30)/t21-/m1/s1. The molecule has 33 heavy (non-hydrogen) atoms. The van der Waals surface area contributed by atoms with E-state index in [1.807, 2.05) is 26.0 Å². The van der Waals surface area contributed by atoms with Crippen molar-refractivity contribution in [3.05, 3.63) is 64.7 Å². The SMILES string of the molecule is CCNC(=O)[C@@H](CC)N(Cc1ccccc1Cl)C(=O)CN(c1ccccc1CC)S(C)(=O)=O. The van der Waals surface area contributed by atoms with Gasteiger partial charge in [0.25, 0.3) is 0 Å². The van der Waals surface area contributed by atoms with Crippen molar-refractivity contribution in [2.24, 2.45) is 0 Å². The number of nitrogens with one attached hydrogen (secondary N) is 1. The van der Waals surface area contributed by atoms with E-state index >= 15 is 0 Å². The molecule has 0 fully saturated rings. The van der Waals surface area contributed by atoms with Crippen molar-refractivity contribution in [2.75, 3.05) is 23.7 Å². The predicted molar refractivity (Wildman–Crippen MR) is 133 cm³/mol. The Hall–Kier alpha value is -2.58. The van der Waals surface area contributed by atoms with E-state index in [1.165, 1.54) is 4.90 Å². The molecule has 9 heteroatoms. The number of amides is 2. The minimum absolute atomic E-state index is 0.0845. The Morgan fingerprint density at radius 3 is 2.15 bits per heavy atom. The number of sulfonamides is 1. The molecule has 2 aromatic rings. The average molecular weight is 494 g/mol. The molecule has 0 saturated heterocycles. The molecule has 180 valence electrons. The minimum atomic E-state index is -3.76. The molecule has 2 aromatic carbocycles. The van der Waals surface area contributed by atoms with Crippen molar-refractivity contribution < 1.29 is 18.0 Å². The van der Waals surface area contributed by atoms with Crippen molar-refractivity contribution in [1.29, 1.82) is 0 Å². The second-order valence-electron chi connectivity index (χ2n) is 7.68. The van der Waals surface area contributed by atoms with Crippen LogP contribution in [0, 0.1) is 0 Å². The van der Waals surface area contributed by atoms with Gasteiger partial charge in [0, 0.05) is 18.1 Å². The first kappa shape index (κ1) is 26.7. The molecule has 0 spiro atoms. The lowest BCUT2D eigenvalue weighted by Gasteiger charge is -2.33. The van der Waals surface area contributed by atoms with Crippen LogP contribution in [0.1, 0.15) is 38.3 Å². The van der Waals surface area contributed by atoms with Crippen molar-refractivity contribution in [3.8, 4) is 0 Å². The van der Waals surface area contributed by atoms with Crippen LogP contribution in [0.4, 0.5) is 5.69 Å². The number of anilines is 1. The van der Waals surface area contributed by atoms with E-state index in [0.717, 1.165) is 16.1 Å². The third-order valence-electron chi connectivity index (χ3n) is 5.36. The molecule has 1 N–H and O–H groups in total. The Labute approximate surface area is 201 Å². The van der Waals surface area contributed by atoms with Gasteiger partial charge in [-0.2, -0.15) is 0 Å². The number of likely N-dealkylation sites (N-methyl/N-ethyl adjacent to an activating group) is 1. The number of aryl methyl sites for hydroxylation is 1. The molecule has 7 nitrogen and oxygen atoms in total. The molecule has 2 amide bonds. The summed E-state index contributed by atoms with van der Waals surface area (Å²) in [5, 5.41) is 3.24. The highest BCUT2D eigenvalue weighted by Crippen LogP contribution is 2.25. The van der Waals surface area contributed by atoms with Crippen molar-refractivity contribution in [1.82, 2.24) is 10.2 Å². The van der Waals surface area contributed by atoms with Gasteiger partial charge < -0.3 is 10.2 Å². The molecule has 0 unspecified atom stereocenters. The van der Waals surface area contributed by atoms with Crippen molar-refractivity contribution in [3.63, 3.8) is 0 Å². The van der Waals surface area contributed by atoms with Crippen LogP contribution < -0.4 is 9.62 Å². The van der Waals surface area contributed by atoms with Crippen LogP contribution in [0.5, 0.6) is 0 Å². The molecular weight excluding hydrogens is 462 g/mol. The summed E-state index contributed by atoms with van der Waals surface area (Å²) in [4.78, 5) is 27.8. The smallest absolute Gasteiger partial charge is 0.244 e. The van der Waals surface area contributed by atoms with E-state index in [-0.39, 0.29) is 12.5 Å². The summed E-state index contributed by atoms with van der Waals surface area (Å²) in [6.07, 6.45) is 2.05. The maximum absolute atomic E-state index is 13.6. The Kier molecular flexibility index (Phi) is 9.73. The van der Waals surface area contributed by atoms with Gasteiger partial charge in [0.1, 0.15) is 12.6 Å². The number of hydrogen-bond acceptors (Lipinski definition) is 4. The Morgan fingerprint density at radius 1 is 1.00 bits per heavy atom. The molecule has 0 aliphatic carbocycles. The summed E-state index contributed by atoms with van der Waals surface area (Å²) in [5.41, 5.74) is 1.94. The number of halogens is 1. The van der Waals surface area contributed by atoms with E-state index in [1.54, 1.807) is 43.3 Å². The quantitative estimate of drug-likeness (QED) is 0.518. The molecule has 0 heterocycles. The topological polar surface area (TPSA) is 86.8 Å². The van der Waals surface area contributed by atoms with Crippen LogP contribution in [0.2, 0.25) is 5.02 Å². The Bertz CT molecular complexity index is 1070. The third-order valence-corrected chi connectivity index (χ3v) is 6.85. The van der Waals surface area contributed by atoms with Gasteiger partial charge in [-0.15, -0.1) is 0 Å². The molecule has 0 saturated carbocycles. The molecule has 0 bridgehead atoms. The maximum atomic E-state index is 13.6. The van der Waals surface area contributed by atoms with Gasteiger partial charge in [0.05, 0.1) is 11.9 Å². The van der Waals surface area contributed by atoms with Crippen LogP contribution in [0.3, 0.4) is 0 Å². The van der Waals surface area contributed by atoms with Crippen LogP contribution >= 0.6 is 11.6 Å². The lowest BCUT2D eigenvalue weighted by atomic mass is 10.1. The number of benzene rings is 2. The normalized spacial score (nSPS) is 12.2. The van der Waals surface area contributed by atoms with Crippen LogP contribution in [-0.4, -0.2) is 50.5 Å². The molecule has 2 rings (SSSR count). The second kappa shape index (κ2) is 12.0. The first-order valence-electron chi connectivity index (χ1n) is 11.0. The number of carbonyl (C=O) groups excluding carboxylic acids is 2. The fourth-order valence-corrected chi connectivity index (χ4v) is 4.75. The number of rotatable bonds is 11. The first-order chi connectivity index (χ1) is 15.6. The summed E-state index contributed by atoms with van der Waals surface area (Å²) >= 11 is 6.33. The van der Waals surface area contributed by atoms with Crippen LogP contribution in [0.25, 0.3) is 0 Å². The van der Waals surface area contributed by atoms with E-state index in [4.69, 9.17) is 11.6 Å². The van der Waals surface area contributed by atoms with Gasteiger partial charge in [-0.1, -0.05) is 61.8 Å². The van der Waals surface area contributed by atoms with E-state index < -0.39 is 28.5 Å². The lowest BCUT2D eigenvalue weighted by Crippen LogP contribution is -2.52. The zero-order chi connectivity index (χ0) is 24.6. The number of carbonyl (C=O) groups is 2. The lowest BCUT2D eigenvalue weighted by molar-refractivity contribution is -0.140. The molecule has 0 aliphatic rings. The predicted octanol–water partition coefficient (Wildman–Crippen LogP) is 3.61. The average Bonchev–Trinajstić information content (AvgIpc) is 2.77. The highest BCUT2D eigenvalue weighted by Gasteiger charge is 2.32.